The zero-order valence-corrected chi connectivity index (χ0v) is 14.8. The fourth-order valence-electron chi connectivity index (χ4n) is 2.83. The van der Waals surface area contributed by atoms with Crippen LogP contribution in [0.5, 0.6) is 11.5 Å². The molecule has 0 saturated heterocycles. The number of hydrogen-bond donors (Lipinski definition) is 0. The normalized spacial score (nSPS) is 11.2. The van der Waals surface area contributed by atoms with Crippen molar-refractivity contribution in [2.75, 3.05) is 14.2 Å². The topological polar surface area (TPSA) is 18.5 Å². The number of hydrogen-bond acceptors (Lipinski definition) is 2. The van der Waals surface area contributed by atoms with E-state index in [1.54, 1.807) is 14.2 Å². The molecular formula is C23H22O2. The van der Waals surface area contributed by atoms with Crippen LogP contribution in [-0.2, 0) is 0 Å². The Labute approximate surface area is 149 Å². The molecule has 0 aliphatic rings. The number of ether oxygens (including phenoxy) is 2. The predicted molar refractivity (Wildman–Crippen MR) is 104 cm³/mol. The molecule has 0 spiro atoms. The molecule has 0 atom stereocenters. The smallest absolute Gasteiger partial charge is 0.118 e. The Hall–Kier alpha value is -3.00. The zero-order valence-electron chi connectivity index (χ0n) is 14.8. The summed E-state index contributed by atoms with van der Waals surface area (Å²) < 4.78 is 10.5. The highest BCUT2D eigenvalue weighted by atomic mass is 16.5. The van der Waals surface area contributed by atoms with Crippen molar-refractivity contribution in [3.8, 4) is 11.5 Å². The molecule has 3 aromatic rings. The molecule has 0 heterocycles. The lowest BCUT2D eigenvalue weighted by molar-refractivity contribution is 0.414. The van der Waals surface area contributed by atoms with Gasteiger partial charge in [-0.15, -0.1) is 0 Å². The Morgan fingerprint density at radius 2 is 1.28 bits per heavy atom. The summed E-state index contributed by atoms with van der Waals surface area (Å²) in [6.07, 6.45) is 2.21. The van der Waals surface area contributed by atoms with E-state index in [4.69, 9.17) is 9.47 Å². The second kappa shape index (κ2) is 7.71. The standard InChI is InChI=1S/C23H22O2/c1-17-6-4-5-7-22(17)23(19-10-14-21(25-3)15-11-19)16-18-8-12-20(24-2)13-9-18/h4-16H,1-3H3/b23-16-. The van der Waals surface area contributed by atoms with Crippen LogP contribution in [0.3, 0.4) is 0 Å². The first-order valence-electron chi connectivity index (χ1n) is 8.27. The molecule has 2 nitrogen and oxygen atoms in total. The molecule has 0 radical (unpaired) electrons. The van der Waals surface area contributed by atoms with Gasteiger partial charge in [0.15, 0.2) is 0 Å². The van der Waals surface area contributed by atoms with Gasteiger partial charge in [0.1, 0.15) is 11.5 Å². The van der Waals surface area contributed by atoms with Crippen LogP contribution in [0.1, 0.15) is 22.3 Å². The van der Waals surface area contributed by atoms with Crippen molar-refractivity contribution in [3.05, 3.63) is 95.1 Å². The van der Waals surface area contributed by atoms with Gasteiger partial charge in [-0.05, 0) is 65.1 Å². The van der Waals surface area contributed by atoms with Gasteiger partial charge in [0, 0.05) is 0 Å². The largest absolute Gasteiger partial charge is 0.497 e. The van der Waals surface area contributed by atoms with E-state index < -0.39 is 0 Å². The summed E-state index contributed by atoms with van der Waals surface area (Å²) in [7, 11) is 3.37. The highest BCUT2D eigenvalue weighted by Gasteiger charge is 2.08. The van der Waals surface area contributed by atoms with Gasteiger partial charge >= 0.3 is 0 Å². The molecule has 3 rings (SSSR count). The number of aryl methyl sites for hydroxylation is 1. The predicted octanol–water partition coefficient (Wildman–Crippen LogP) is 5.60. The van der Waals surface area contributed by atoms with E-state index in [0.29, 0.717) is 0 Å². The molecule has 0 unspecified atom stereocenters. The van der Waals surface area contributed by atoms with Crippen LogP contribution in [0.4, 0.5) is 0 Å². The molecule has 0 fully saturated rings. The van der Waals surface area contributed by atoms with E-state index in [1.165, 1.54) is 16.7 Å². The summed E-state index contributed by atoms with van der Waals surface area (Å²) in [6, 6.07) is 24.7. The maximum absolute atomic E-state index is 5.29. The van der Waals surface area contributed by atoms with Crippen molar-refractivity contribution in [2.24, 2.45) is 0 Å². The molecule has 0 aromatic heterocycles. The van der Waals surface area contributed by atoms with E-state index in [9.17, 15) is 0 Å². The van der Waals surface area contributed by atoms with Crippen LogP contribution in [0.25, 0.3) is 11.6 Å². The summed E-state index contributed by atoms with van der Waals surface area (Å²) >= 11 is 0. The van der Waals surface area contributed by atoms with Crippen molar-refractivity contribution in [1.29, 1.82) is 0 Å². The summed E-state index contributed by atoms with van der Waals surface area (Å²) in [4.78, 5) is 0. The average molecular weight is 330 g/mol. The number of rotatable bonds is 5. The lowest BCUT2D eigenvalue weighted by atomic mass is 9.92. The monoisotopic (exact) mass is 330 g/mol. The molecule has 0 N–H and O–H groups in total. The Morgan fingerprint density at radius 1 is 0.720 bits per heavy atom. The molecule has 0 bridgehead atoms. The van der Waals surface area contributed by atoms with Crippen LogP contribution >= 0.6 is 0 Å². The van der Waals surface area contributed by atoms with E-state index in [1.807, 2.05) is 24.3 Å². The first kappa shape index (κ1) is 16.8. The first-order valence-corrected chi connectivity index (χ1v) is 8.27. The van der Waals surface area contributed by atoms with Gasteiger partial charge in [0.2, 0.25) is 0 Å². The quantitative estimate of drug-likeness (QED) is 0.567. The fraction of sp³-hybridized carbons (Fsp3) is 0.130. The second-order valence-corrected chi connectivity index (χ2v) is 5.87. The van der Waals surface area contributed by atoms with Crippen LogP contribution in [0.2, 0.25) is 0 Å². The molecule has 126 valence electrons. The molecule has 3 aromatic carbocycles. The second-order valence-electron chi connectivity index (χ2n) is 5.87. The Morgan fingerprint density at radius 3 is 1.84 bits per heavy atom. The Bertz CT molecular complexity index is 859. The van der Waals surface area contributed by atoms with E-state index in [-0.39, 0.29) is 0 Å². The van der Waals surface area contributed by atoms with Crippen molar-refractivity contribution in [3.63, 3.8) is 0 Å². The van der Waals surface area contributed by atoms with Gasteiger partial charge in [0.25, 0.3) is 0 Å². The SMILES string of the molecule is COc1ccc(/C=C(/c2ccc(OC)cc2)c2ccccc2C)cc1. The van der Waals surface area contributed by atoms with Crippen molar-refractivity contribution < 1.29 is 9.47 Å². The number of methoxy groups -OCH3 is 2. The first-order chi connectivity index (χ1) is 12.2. The van der Waals surface area contributed by atoms with Crippen LogP contribution < -0.4 is 9.47 Å². The van der Waals surface area contributed by atoms with Crippen molar-refractivity contribution in [2.45, 2.75) is 6.92 Å². The minimum Gasteiger partial charge on any atom is -0.497 e. The van der Waals surface area contributed by atoms with Gasteiger partial charge in [0.05, 0.1) is 14.2 Å². The molecule has 0 amide bonds. The highest BCUT2D eigenvalue weighted by Crippen LogP contribution is 2.30. The maximum atomic E-state index is 5.29. The van der Waals surface area contributed by atoms with E-state index in [2.05, 4.69) is 61.5 Å². The minimum atomic E-state index is 0.859. The minimum absolute atomic E-state index is 0.859. The fourth-order valence-corrected chi connectivity index (χ4v) is 2.83. The third-order valence-electron chi connectivity index (χ3n) is 4.26. The molecule has 0 aliphatic carbocycles. The van der Waals surface area contributed by atoms with Crippen molar-refractivity contribution >= 4 is 11.6 Å². The summed E-state index contributed by atoms with van der Waals surface area (Å²) in [6.45, 7) is 2.14. The molecular weight excluding hydrogens is 308 g/mol. The van der Waals surface area contributed by atoms with Gasteiger partial charge in [-0.2, -0.15) is 0 Å². The Kier molecular flexibility index (Phi) is 5.20. The maximum Gasteiger partial charge on any atom is 0.118 e. The third kappa shape index (κ3) is 3.92. The lowest BCUT2D eigenvalue weighted by Gasteiger charge is -2.13. The van der Waals surface area contributed by atoms with Crippen LogP contribution in [0, 0.1) is 6.92 Å². The van der Waals surface area contributed by atoms with Crippen molar-refractivity contribution in [1.82, 2.24) is 0 Å². The van der Waals surface area contributed by atoms with Gasteiger partial charge in [-0.1, -0.05) is 48.5 Å². The summed E-state index contributed by atoms with van der Waals surface area (Å²) in [5, 5.41) is 0. The zero-order chi connectivity index (χ0) is 17.6. The summed E-state index contributed by atoms with van der Waals surface area (Å²) in [5.41, 5.74) is 5.95. The van der Waals surface area contributed by atoms with Gasteiger partial charge in [-0.3, -0.25) is 0 Å². The molecule has 2 heteroatoms. The van der Waals surface area contributed by atoms with Gasteiger partial charge in [-0.25, -0.2) is 0 Å². The molecule has 25 heavy (non-hydrogen) atoms. The third-order valence-corrected chi connectivity index (χ3v) is 4.26. The average Bonchev–Trinajstić information content (AvgIpc) is 2.67. The van der Waals surface area contributed by atoms with E-state index in [0.717, 1.165) is 22.6 Å². The number of benzene rings is 3. The van der Waals surface area contributed by atoms with E-state index >= 15 is 0 Å². The van der Waals surface area contributed by atoms with Crippen LogP contribution in [0.15, 0.2) is 72.8 Å². The molecule has 0 aliphatic heterocycles. The van der Waals surface area contributed by atoms with Crippen LogP contribution in [-0.4, -0.2) is 14.2 Å². The Balaban J connectivity index is 2.10. The summed E-state index contributed by atoms with van der Waals surface area (Å²) in [5.74, 6) is 1.72. The van der Waals surface area contributed by atoms with Gasteiger partial charge < -0.3 is 9.47 Å². The molecule has 0 saturated carbocycles. The lowest BCUT2D eigenvalue weighted by Crippen LogP contribution is -1.92. The highest BCUT2D eigenvalue weighted by molar-refractivity contribution is 5.92.